The van der Waals surface area contributed by atoms with E-state index in [2.05, 4.69) is 16.8 Å². The quantitative estimate of drug-likeness (QED) is 0.224. The third kappa shape index (κ3) is 10.5. The van der Waals surface area contributed by atoms with Crippen LogP contribution < -0.4 is 0 Å². The van der Waals surface area contributed by atoms with Gasteiger partial charge < -0.3 is 29.5 Å². The highest BCUT2D eigenvalue weighted by Crippen LogP contribution is 2.28. The van der Waals surface area contributed by atoms with Crippen molar-refractivity contribution in [3.63, 3.8) is 0 Å². The van der Waals surface area contributed by atoms with Crippen molar-refractivity contribution in [3.05, 3.63) is 66.0 Å². The Morgan fingerprint density at radius 2 is 1.83 bits per heavy atom. The van der Waals surface area contributed by atoms with Crippen LogP contribution in [0.1, 0.15) is 97.1 Å². The number of ether oxygens (including phenoxy) is 2. The number of hydrogen-bond donors (Lipinski definition) is 2. The van der Waals surface area contributed by atoms with E-state index in [1.807, 2.05) is 56.4 Å². The predicted molar refractivity (Wildman–Crippen MR) is 179 cm³/mol. The highest BCUT2D eigenvalue weighted by atomic mass is 16.6. The summed E-state index contributed by atoms with van der Waals surface area (Å²) in [6, 6.07) is 6.33. The molecule has 1 aromatic rings. The van der Waals surface area contributed by atoms with Crippen LogP contribution in [0.3, 0.4) is 0 Å². The van der Waals surface area contributed by atoms with Crippen LogP contribution in [0.5, 0.6) is 0 Å². The molecule has 3 aliphatic rings. The fourth-order valence-corrected chi connectivity index (χ4v) is 6.72. The molecule has 254 valence electrons. The zero-order valence-electron chi connectivity index (χ0n) is 28.2. The van der Waals surface area contributed by atoms with Crippen LogP contribution in [-0.2, 0) is 14.3 Å². The first-order valence-corrected chi connectivity index (χ1v) is 17.3. The molecule has 0 aromatic carbocycles. The van der Waals surface area contributed by atoms with E-state index in [-0.39, 0.29) is 31.1 Å². The maximum atomic E-state index is 13.4. The van der Waals surface area contributed by atoms with Crippen molar-refractivity contribution in [3.8, 4) is 0 Å². The Balaban J connectivity index is 1.45. The van der Waals surface area contributed by atoms with Gasteiger partial charge in [-0.2, -0.15) is 0 Å². The summed E-state index contributed by atoms with van der Waals surface area (Å²) >= 11 is 0. The van der Waals surface area contributed by atoms with Crippen molar-refractivity contribution in [2.75, 3.05) is 26.2 Å². The Kier molecular flexibility index (Phi) is 13.4. The molecule has 0 spiro atoms. The van der Waals surface area contributed by atoms with Gasteiger partial charge in [-0.3, -0.25) is 9.78 Å². The van der Waals surface area contributed by atoms with E-state index in [1.54, 1.807) is 24.1 Å². The van der Waals surface area contributed by atoms with Crippen molar-refractivity contribution in [2.45, 2.75) is 121 Å². The lowest BCUT2D eigenvalue weighted by molar-refractivity contribution is -0.151. The Morgan fingerprint density at radius 1 is 1.11 bits per heavy atom. The molecule has 46 heavy (non-hydrogen) atoms. The summed E-state index contributed by atoms with van der Waals surface area (Å²) in [4.78, 5) is 35.0. The number of aliphatic hydroxyl groups excluding tert-OH is 1. The van der Waals surface area contributed by atoms with E-state index >= 15 is 0 Å². The Morgan fingerprint density at radius 3 is 2.50 bits per heavy atom. The second-order valence-corrected chi connectivity index (χ2v) is 13.7. The predicted octanol–water partition coefficient (Wildman–Crippen LogP) is 5.93. The van der Waals surface area contributed by atoms with Gasteiger partial charge in [-0.05, 0) is 89.2 Å². The number of allylic oxidation sites excluding steroid dienone is 3. The maximum Gasteiger partial charge on any atom is 0.410 e. The van der Waals surface area contributed by atoms with Crippen molar-refractivity contribution >= 4 is 12.1 Å². The highest BCUT2D eigenvalue weighted by Gasteiger charge is 2.37. The van der Waals surface area contributed by atoms with Crippen LogP contribution in [0.25, 0.3) is 0 Å². The number of piperidine rings is 1. The molecule has 6 atom stereocenters. The number of carbonyl (C=O) groups excluding carboxylic acids is 2. The standard InChI is InChI=1S/C37H55N3O6/c1-27(32-14-7-8-21-38-32)12-11-13-28(2)35-29(3)15-16-33(37(4,44)20-17-31(41)26-34(42)46-35)45-36(43)40-24-18-30(19-25-40)39-22-9-5-6-10-23-39/h7-8,11-16,21,27,29-31,33,35,41,44H,5-6,9-10,17-20,22-26H2,1-4H3/b12-11+,16-15+,28-13+/t27-,29-,31-,33+,35+,37-/m0/s1. The number of carbonyl (C=O) groups is 2. The van der Waals surface area contributed by atoms with Crippen molar-refractivity contribution in [2.24, 2.45) is 5.92 Å². The largest absolute Gasteiger partial charge is 0.457 e. The smallest absolute Gasteiger partial charge is 0.410 e. The Hall–Kier alpha value is -3.01. The normalized spacial score (nSPS) is 31.3. The molecule has 9 heteroatoms. The Labute approximate surface area is 275 Å². The number of rotatable bonds is 6. The van der Waals surface area contributed by atoms with Gasteiger partial charge in [0.05, 0.1) is 12.5 Å². The fraction of sp³-hybridized carbons (Fsp3) is 0.649. The molecule has 2 N–H and O–H groups in total. The number of cyclic esters (lactones) is 1. The number of aliphatic hydroxyl groups is 2. The van der Waals surface area contributed by atoms with E-state index in [1.165, 1.54) is 25.7 Å². The average molecular weight is 638 g/mol. The number of nitrogens with zero attached hydrogens (tertiary/aromatic N) is 3. The molecule has 0 radical (unpaired) electrons. The van der Waals surface area contributed by atoms with Gasteiger partial charge in [0.25, 0.3) is 0 Å². The molecule has 2 saturated heterocycles. The third-order valence-corrected chi connectivity index (χ3v) is 9.79. The molecule has 2 fully saturated rings. The van der Waals surface area contributed by atoms with Crippen LogP contribution in [0.4, 0.5) is 4.79 Å². The van der Waals surface area contributed by atoms with Crippen LogP contribution in [0.15, 0.2) is 60.3 Å². The van der Waals surface area contributed by atoms with Gasteiger partial charge in [0.2, 0.25) is 0 Å². The molecule has 1 amide bonds. The van der Waals surface area contributed by atoms with Crippen LogP contribution >= 0.6 is 0 Å². The minimum absolute atomic E-state index is 0.106. The van der Waals surface area contributed by atoms with E-state index in [9.17, 15) is 19.8 Å². The highest BCUT2D eigenvalue weighted by molar-refractivity contribution is 5.70. The maximum absolute atomic E-state index is 13.4. The molecule has 0 aliphatic carbocycles. The van der Waals surface area contributed by atoms with E-state index in [0.29, 0.717) is 19.1 Å². The summed E-state index contributed by atoms with van der Waals surface area (Å²) in [5.41, 5.74) is 0.349. The van der Waals surface area contributed by atoms with Gasteiger partial charge in [0.1, 0.15) is 11.7 Å². The van der Waals surface area contributed by atoms with Crippen LogP contribution in [0, 0.1) is 5.92 Å². The Bertz CT molecular complexity index is 1200. The molecule has 9 nitrogen and oxygen atoms in total. The summed E-state index contributed by atoms with van der Waals surface area (Å²) in [6.45, 7) is 11.1. The summed E-state index contributed by atoms with van der Waals surface area (Å²) < 4.78 is 11.9. The molecular formula is C37H55N3O6. The third-order valence-electron chi connectivity index (χ3n) is 9.79. The van der Waals surface area contributed by atoms with Gasteiger partial charge >= 0.3 is 12.1 Å². The molecule has 0 unspecified atom stereocenters. The van der Waals surface area contributed by atoms with Crippen molar-refractivity contribution in [1.82, 2.24) is 14.8 Å². The van der Waals surface area contributed by atoms with Crippen molar-refractivity contribution < 1.29 is 29.3 Å². The van der Waals surface area contributed by atoms with E-state index in [0.717, 1.165) is 37.2 Å². The molecular weight excluding hydrogens is 582 g/mol. The number of likely N-dealkylation sites (tertiary alicyclic amines) is 2. The summed E-state index contributed by atoms with van der Waals surface area (Å²) in [7, 11) is 0. The van der Waals surface area contributed by atoms with E-state index in [4.69, 9.17) is 9.47 Å². The molecule has 4 heterocycles. The van der Waals surface area contributed by atoms with Crippen LogP contribution in [0.2, 0.25) is 0 Å². The van der Waals surface area contributed by atoms with E-state index < -0.39 is 36.0 Å². The summed E-state index contributed by atoms with van der Waals surface area (Å²) in [6.07, 6.45) is 15.3. The molecule has 0 bridgehead atoms. The van der Waals surface area contributed by atoms with Gasteiger partial charge in [-0.15, -0.1) is 0 Å². The number of pyridine rings is 1. The van der Waals surface area contributed by atoms with Gasteiger partial charge in [-0.25, -0.2) is 4.79 Å². The topological polar surface area (TPSA) is 112 Å². The molecule has 4 rings (SSSR count). The van der Waals surface area contributed by atoms with Crippen LogP contribution in [-0.4, -0.2) is 93.2 Å². The zero-order valence-corrected chi connectivity index (χ0v) is 28.2. The summed E-state index contributed by atoms with van der Waals surface area (Å²) in [5.74, 6) is -0.683. The first-order valence-electron chi connectivity index (χ1n) is 17.3. The van der Waals surface area contributed by atoms with Gasteiger partial charge in [0.15, 0.2) is 6.10 Å². The first-order chi connectivity index (χ1) is 22.0. The van der Waals surface area contributed by atoms with Crippen molar-refractivity contribution in [1.29, 1.82) is 0 Å². The molecule has 0 saturated carbocycles. The van der Waals surface area contributed by atoms with Gasteiger partial charge in [0, 0.05) is 42.9 Å². The minimum Gasteiger partial charge on any atom is -0.457 e. The lowest BCUT2D eigenvalue weighted by Gasteiger charge is -2.39. The molecule has 1 aromatic heterocycles. The number of esters is 1. The second kappa shape index (κ2) is 17.2. The number of hydrogen-bond acceptors (Lipinski definition) is 8. The summed E-state index contributed by atoms with van der Waals surface area (Å²) in [5, 5.41) is 22.1. The SMILES string of the molecule is C/C(=C\C=C\[C@H](C)c1ccccn1)[C@H]1OC(=O)C[C@@H](O)CC[C@](C)(O)[C@H](OC(=O)N2CCC(N3CCCCCC3)CC2)/C=C/[C@@H]1C. The lowest BCUT2D eigenvalue weighted by Crippen LogP contribution is -2.49. The van der Waals surface area contributed by atoms with Gasteiger partial charge in [-0.1, -0.05) is 57.1 Å². The zero-order chi connectivity index (χ0) is 33.1. The monoisotopic (exact) mass is 637 g/mol. The second-order valence-electron chi connectivity index (χ2n) is 13.7. The number of amides is 1. The molecule has 3 aliphatic heterocycles. The first kappa shape index (κ1) is 35.8. The lowest BCUT2D eigenvalue weighted by atomic mass is 9.88. The fourth-order valence-electron chi connectivity index (χ4n) is 6.72. The minimum atomic E-state index is -1.44. The number of aromatic nitrogens is 1. The average Bonchev–Trinajstić information content (AvgIpc) is 3.34.